The molecular weight excluding hydrogens is 370 g/mol. The smallest absolute Gasteiger partial charge is 0.274 e. The molecule has 0 bridgehead atoms. The number of hydrogen-bond donors (Lipinski definition) is 1. The molecule has 25 heavy (non-hydrogen) atoms. The van der Waals surface area contributed by atoms with Crippen LogP contribution in [0.15, 0.2) is 52.4 Å². The van der Waals surface area contributed by atoms with E-state index in [4.69, 9.17) is 11.6 Å². The van der Waals surface area contributed by atoms with Crippen LogP contribution in [0.4, 0.5) is 11.4 Å². The summed E-state index contributed by atoms with van der Waals surface area (Å²) < 4.78 is 25.5. The highest BCUT2D eigenvalue weighted by Gasteiger charge is 2.15. The first kappa shape index (κ1) is 18.6. The molecule has 10 heteroatoms. The average Bonchev–Trinajstić information content (AvgIpc) is 2.53. The summed E-state index contributed by atoms with van der Waals surface area (Å²) in [5, 5.41) is 10.9. The minimum Gasteiger partial charge on any atom is -0.274 e. The van der Waals surface area contributed by atoms with Gasteiger partial charge in [0.15, 0.2) is 0 Å². The van der Waals surface area contributed by atoms with Gasteiger partial charge >= 0.3 is 0 Å². The SMILES string of the molecule is CC(=O)NS(=O)(=O)c1ccc(N=Cc2ccc(Cl)c([N+](=O)[O-])c2)cc1. The van der Waals surface area contributed by atoms with Crippen LogP contribution in [0.5, 0.6) is 0 Å². The van der Waals surface area contributed by atoms with E-state index >= 15 is 0 Å². The number of nitro groups is 1. The second kappa shape index (κ2) is 7.41. The second-order valence-electron chi connectivity index (χ2n) is 4.88. The lowest BCUT2D eigenvalue weighted by Crippen LogP contribution is -2.28. The third-order valence-electron chi connectivity index (χ3n) is 2.95. The Bertz CT molecular complexity index is 956. The van der Waals surface area contributed by atoms with Gasteiger partial charge in [0, 0.05) is 19.2 Å². The second-order valence-corrected chi connectivity index (χ2v) is 6.97. The van der Waals surface area contributed by atoms with Crippen LogP contribution in [0.3, 0.4) is 0 Å². The van der Waals surface area contributed by atoms with Gasteiger partial charge in [0.1, 0.15) is 5.02 Å². The molecule has 0 aliphatic carbocycles. The van der Waals surface area contributed by atoms with Gasteiger partial charge in [0.2, 0.25) is 5.91 Å². The minimum atomic E-state index is -3.90. The third kappa shape index (κ3) is 4.85. The van der Waals surface area contributed by atoms with Crippen LogP contribution >= 0.6 is 11.6 Å². The van der Waals surface area contributed by atoms with Crippen LogP contribution in [-0.4, -0.2) is 25.5 Å². The highest BCUT2D eigenvalue weighted by Crippen LogP contribution is 2.25. The number of hydrogen-bond acceptors (Lipinski definition) is 6. The topological polar surface area (TPSA) is 119 Å². The molecule has 2 aromatic carbocycles. The Kier molecular flexibility index (Phi) is 5.50. The number of carbonyl (C=O) groups is 1. The van der Waals surface area contributed by atoms with Crippen molar-refractivity contribution in [3.8, 4) is 0 Å². The van der Waals surface area contributed by atoms with E-state index in [2.05, 4.69) is 4.99 Å². The summed E-state index contributed by atoms with van der Waals surface area (Å²) in [6.07, 6.45) is 1.39. The first-order valence-corrected chi connectivity index (χ1v) is 8.66. The summed E-state index contributed by atoms with van der Waals surface area (Å²) in [5.41, 5.74) is 0.660. The van der Waals surface area contributed by atoms with Crippen LogP contribution < -0.4 is 4.72 Å². The van der Waals surface area contributed by atoms with Crippen LogP contribution in [0.25, 0.3) is 0 Å². The van der Waals surface area contributed by atoms with Crippen molar-refractivity contribution in [1.29, 1.82) is 0 Å². The molecule has 0 heterocycles. The fourth-order valence-electron chi connectivity index (χ4n) is 1.86. The molecule has 0 aromatic heterocycles. The lowest BCUT2D eigenvalue weighted by Gasteiger charge is -2.04. The predicted molar refractivity (Wildman–Crippen MR) is 92.8 cm³/mol. The Morgan fingerprint density at radius 3 is 2.44 bits per heavy atom. The molecule has 8 nitrogen and oxygen atoms in total. The van der Waals surface area contributed by atoms with Crippen LogP contribution in [0.2, 0.25) is 5.02 Å². The number of halogens is 1. The van der Waals surface area contributed by atoms with E-state index in [1.807, 2.05) is 4.72 Å². The zero-order valence-corrected chi connectivity index (χ0v) is 14.4. The Morgan fingerprint density at radius 1 is 1.24 bits per heavy atom. The van der Waals surface area contributed by atoms with Gasteiger partial charge < -0.3 is 0 Å². The third-order valence-corrected chi connectivity index (χ3v) is 4.72. The lowest BCUT2D eigenvalue weighted by atomic mass is 10.2. The number of nitrogens with zero attached hydrogens (tertiary/aromatic N) is 2. The molecule has 0 saturated carbocycles. The number of nitrogens with one attached hydrogen (secondary N) is 1. The van der Waals surface area contributed by atoms with Gasteiger partial charge in [-0.05, 0) is 35.9 Å². The fraction of sp³-hybridized carbons (Fsp3) is 0.0667. The molecule has 0 fully saturated rings. The molecule has 1 N–H and O–H groups in total. The largest absolute Gasteiger partial charge is 0.288 e. The summed E-state index contributed by atoms with van der Waals surface area (Å²) in [7, 11) is -3.90. The van der Waals surface area contributed by atoms with E-state index < -0.39 is 20.9 Å². The minimum absolute atomic E-state index is 0.0229. The summed E-state index contributed by atoms with van der Waals surface area (Å²) in [6.45, 7) is 1.10. The number of sulfonamides is 1. The first-order chi connectivity index (χ1) is 11.7. The number of rotatable bonds is 5. The molecule has 2 rings (SSSR count). The Hall–Kier alpha value is -2.78. The van der Waals surface area contributed by atoms with Crippen molar-refractivity contribution in [3.63, 3.8) is 0 Å². The van der Waals surface area contributed by atoms with E-state index in [0.29, 0.717) is 11.3 Å². The number of nitro benzene ring substituents is 1. The van der Waals surface area contributed by atoms with Crippen molar-refractivity contribution in [2.24, 2.45) is 4.99 Å². The Balaban J connectivity index is 2.22. The normalized spacial score (nSPS) is 11.4. The van der Waals surface area contributed by atoms with Gasteiger partial charge in [-0.15, -0.1) is 0 Å². The van der Waals surface area contributed by atoms with E-state index in [-0.39, 0.29) is 15.6 Å². The molecule has 0 spiro atoms. The molecule has 0 saturated heterocycles. The summed E-state index contributed by atoms with van der Waals surface area (Å²) in [6, 6.07) is 9.70. The average molecular weight is 382 g/mol. The van der Waals surface area contributed by atoms with Crippen LogP contribution in [-0.2, 0) is 14.8 Å². The van der Waals surface area contributed by atoms with Gasteiger partial charge in [0.25, 0.3) is 15.7 Å². The standard InChI is InChI=1S/C15H12ClN3O5S/c1-10(20)18-25(23,24)13-5-3-12(4-6-13)17-9-11-2-7-14(16)15(8-11)19(21)22/h2-9H,1H3,(H,18,20). The Morgan fingerprint density at radius 2 is 1.88 bits per heavy atom. The van der Waals surface area contributed by atoms with Crippen molar-refractivity contribution in [1.82, 2.24) is 4.72 Å². The summed E-state index contributed by atoms with van der Waals surface area (Å²) in [5.74, 6) is -0.688. The van der Waals surface area contributed by atoms with Crippen molar-refractivity contribution in [3.05, 3.63) is 63.2 Å². The van der Waals surface area contributed by atoms with E-state index in [1.54, 1.807) is 6.07 Å². The molecule has 0 atom stereocenters. The van der Waals surface area contributed by atoms with E-state index in [9.17, 15) is 23.3 Å². The predicted octanol–water partition coefficient (Wildman–Crippen LogP) is 2.82. The zero-order chi connectivity index (χ0) is 18.6. The fourth-order valence-corrected chi connectivity index (χ4v) is 3.04. The molecule has 0 radical (unpaired) electrons. The molecule has 0 unspecified atom stereocenters. The van der Waals surface area contributed by atoms with Gasteiger partial charge in [-0.2, -0.15) is 0 Å². The molecule has 0 aliphatic heterocycles. The number of aliphatic imine (C=N–C) groups is 1. The molecular formula is C15H12ClN3O5S. The highest BCUT2D eigenvalue weighted by molar-refractivity contribution is 7.90. The van der Waals surface area contributed by atoms with Crippen molar-refractivity contribution in [2.75, 3.05) is 0 Å². The van der Waals surface area contributed by atoms with E-state index in [0.717, 1.165) is 6.92 Å². The van der Waals surface area contributed by atoms with Crippen LogP contribution in [0, 0.1) is 10.1 Å². The molecule has 1 amide bonds. The van der Waals surface area contributed by atoms with Gasteiger partial charge in [0.05, 0.1) is 15.5 Å². The lowest BCUT2D eigenvalue weighted by molar-refractivity contribution is -0.384. The van der Waals surface area contributed by atoms with Crippen molar-refractivity contribution in [2.45, 2.75) is 11.8 Å². The molecule has 0 aliphatic rings. The van der Waals surface area contributed by atoms with Gasteiger partial charge in [-0.25, -0.2) is 13.1 Å². The maximum absolute atomic E-state index is 11.8. The highest BCUT2D eigenvalue weighted by atomic mass is 35.5. The molecule has 130 valence electrons. The monoisotopic (exact) mass is 381 g/mol. The first-order valence-electron chi connectivity index (χ1n) is 6.80. The number of benzene rings is 2. The maximum Gasteiger partial charge on any atom is 0.288 e. The number of amides is 1. The number of carbonyl (C=O) groups excluding carboxylic acids is 1. The van der Waals surface area contributed by atoms with Crippen molar-refractivity contribution >= 4 is 45.1 Å². The quantitative estimate of drug-likeness (QED) is 0.485. The van der Waals surface area contributed by atoms with Gasteiger partial charge in [-0.3, -0.25) is 19.9 Å². The summed E-state index contributed by atoms with van der Waals surface area (Å²) >= 11 is 5.73. The van der Waals surface area contributed by atoms with Crippen LogP contribution in [0.1, 0.15) is 12.5 Å². The maximum atomic E-state index is 11.8. The van der Waals surface area contributed by atoms with E-state index in [1.165, 1.54) is 42.6 Å². The van der Waals surface area contributed by atoms with Crippen molar-refractivity contribution < 1.29 is 18.1 Å². The summed E-state index contributed by atoms with van der Waals surface area (Å²) in [4.78, 5) is 25.2. The Labute approximate surface area is 148 Å². The van der Waals surface area contributed by atoms with Gasteiger partial charge in [-0.1, -0.05) is 17.7 Å². The zero-order valence-electron chi connectivity index (χ0n) is 12.8. The molecule has 2 aromatic rings.